The highest BCUT2D eigenvalue weighted by molar-refractivity contribution is 5.94. The number of nitrogens with two attached hydrogens (primary N) is 1. The molecule has 1 aliphatic carbocycles. The fraction of sp³-hybridized carbons (Fsp3) is 0.417. The zero-order valence-electron chi connectivity index (χ0n) is 8.42. The van der Waals surface area contributed by atoms with Gasteiger partial charge in [0.05, 0.1) is 0 Å². The molecule has 0 aromatic heterocycles. The largest absolute Gasteiger partial charge is 0.366 e. The van der Waals surface area contributed by atoms with Crippen LogP contribution in [0.3, 0.4) is 0 Å². The Labute approximate surface area is 84.1 Å². The predicted octanol–water partition coefficient (Wildman–Crippen LogP) is 2.23. The van der Waals surface area contributed by atoms with Gasteiger partial charge in [0, 0.05) is 5.56 Å². The summed E-state index contributed by atoms with van der Waals surface area (Å²) >= 11 is 0. The van der Waals surface area contributed by atoms with Crippen LogP contribution in [0.15, 0.2) is 18.2 Å². The third-order valence-electron chi connectivity index (χ3n) is 2.85. The normalized spacial score (nSPS) is 15.5. The van der Waals surface area contributed by atoms with Crippen LogP contribution in [0.25, 0.3) is 0 Å². The first-order valence-electron chi connectivity index (χ1n) is 5.15. The molecule has 14 heavy (non-hydrogen) atoms. The van der Waals surface area contributed by atoms with E-state index in [4.69, 9.17) is 5.73 Å². The first-order valence-corrected chi connectivity index (χ1v) is 5.15. The molecule has 74 valence electrons. The zero-order valence-corrected chi connectivity index (χ0v) is 8.42. The minimum Gasteiger partial charge on any atom is -0.366 e. The number of carbonyl (C=O) groups excluding carboxylic acids is 1. The molecule has 1 fully saturated rings. The Hall–Kier alpha value is -1.31. The lowest BCUT2D eigenvalue weighted by Crippen LogP contribution is -2.14. The highest BCUT2D eigenvalue weighted by Crippen LogP contribution is 2.42. The fourth-order valence-corrected chi connectivity index (χ4v) is 2.01. The van der Waals surface area contributed by atoms with Gasteiger partial charge in [-0.2, -0.15) is 0 Å². The van der Waals surface area contributed by atoms with Gasteiger partial charge in [0.25, 0.3) is 0 Å². The summed E-state index contributed by atoms with van der Waals surface area (Å²) in [4.78, 5) is 11.2. The van der Waals surface area contributed by atoms with Crippen LogP contribution in [0.5, 0.6) is 0 Å². The van der Waals surface area contributed by atoms with Crippen molar-refractivity contribution < 1.29 is 4.79 Å². The molecule has 2 nitrogen and oxygen atoms in total. The zero-order chi connectivity index (χ0) is 10.1. The van der Waals surface area contributed by atoms with Crippen molar-refractivity contribution in [2.45, 2.75) is 32.1 Å². The van der Waals surface area contributed by atoms with Crippen LogP contribution >= 0.6 is 0 Å². The predicted molar refractivity (Wildman–Crippen MR) is 56.3 cm³/mol. The Bertz CT molecular complexity index is 367. The first-order chi connectivity index (χ1) is 6.74. The monoisotopic (exact) mass is 189 g/mol. The van der Waals surface area contributed by atoms with E-state index in [-0.39, 0.29) is 5.91 Å². The van der Waals surface area contributed by atoms with Gasteiger partial charge in [0.2, 0.25) is 5.91 Å². The number of amides is 1. The van der Waals surface area contributed by atoms with E-state index >= 15 is 0 Å². The van der Waals surface area contributed by atoms with Gasteiger partial charge in [-0.3, -0.25) is 4.79 Å². The van der Waals surface area contributed by atoms with Crippen molar-refractivity contribution in [3.05, 3.63) is 34.9 Å². The Morgan fingerprint density at radius 1 is 1.50 bits per heavy atom. The van der Waals surface area contributed by atoms with Crippen molar-refractivity contribution in [1.82, 2.24) is 0 Å². The lowest BCUT2D eigenvalue weighted by Gasteiger charge is -2.10. The van der Waals surface area contributed by atoms with E-state index in [0.29, 0.717) is 11.5 Å². The lowest BCUT2D eigenvalue weighted by atomic mass is 9.95. The summed E-state index contributed by atoms with van der Waals surface area (Å²) in [6, 6.07) is 5.89. The highest BCUT2D eigenvalue weighted by atomic mass is 16.1. The van der Waals surface area contributed by atoms with Crippen molar-refractivity contribution in [1.29, 1.82) is 0 Å². The van der Waals surface area contributed by atoms with Crippen LogP contribution in [-0.4, -0.2) is 5.91 Å². The van der Waals surface area contributed by atoms with Gasteiger partial charge < -0.3 is 5.73 Å². The third kappa shape index (κ3) is 1.52. The van der Waals surface area contributed by atoms with E-state index in [1.54, 1.807) is 0 Å². The molecule has 0 unspecified atom stereocenters. The van der Waals surface area contributed by atoms with Crippen LogP contribution in [0, 0.1) is 0 Å². The van der Waals surface area contributed by atoms with E-state index in [2.05, 4.69) is 13.0 Å². The lowest BCUT2D eigenvalue weighted by molar-refractivity contribution is 0.0999. The maximum absolute atomic E-state index is 11.2. The fourth-order valence-electron chi connectivity index (χ4n) is 2.01. The van der Waals surface area contributed by atoms with Crippen LogP contribution in [0.2, 0.25) is 0 Å². The number of hydrogen-bond donors (Lipinski definition) is 1. The number of rotatable bonds is 3. The van der Waals surface area contributed by atoms with Crippen LogP contribution in [-0.2, 0) is 6.42 Å². The molecule has 1 aliphatic rings. The van der Waals surface area contributed by atoms with Gasteiger partial charge in [-0.15, -0.1) is 0 Å². The first kappa shape index (κ1) is 9.25. The van der Waals surface area contributed by atoms with Gasteiger partial charge in [-0.25, -0.2) is 0 Å². The van der Waals surface area contributed by atoms with Crippen molar-refractivity contribution in [3.8, 4) is 0 Å². The van der Waals surface area contributed by atoms with E-state index in [9.17, 15) is 4.79 Å². The maximum Gasteiger partial charge on any atom is 0.248 e. The summed E-state index contributed by atoms with van der Waals surface area (Å²) in [5.41, 5.74) is 8.54. The van der Waals surface area contributed by atoms with Gasteiger partial charge in [0.1, 0.15) is 0 Å². The molecule has 0 atom stereocenters. The molecule has 2 N–H and O–H groups in total. The average Bonchev–Trinajstić information content (AvgIpc) is 2.99. The smallest absolute Gasteiger partial charge is 0.248 e. The average molecular weight is 189 g/mol. The van der Waals surface area contributed by atoms with Crippen LogP contribution in [0.4, 0.5) is 0 Å². The van der Waals surface area contributed by atoms with Gasteiger partial charge >= 0.3 is 0 Å². The molecular weight excluding hydrogens is 174 g/mol. The second kappa shape index (κ2) is 3.45. The van der Waals surface area contributed by atoms with Crippen LogP contribution in [0.1, 0.15) is 47.2 Å². The Kier molecular flexibility index (Phi) is 2.28. The van der Waals surface area contributed by atoms with Crippen molar-refractivity contribution in [2.75, 3.05) is 0 Å². The maximum atomic E-state index is 11.2. The second-order valence-corrected chi connectivity index (χ2v) is 3.87. The summed E-state index contributed by atoms with van der Waals surface area (Å²) in [7, 11) is 0. The molecular formula is C12H15NO. The molecule has 0 spiro atoms. The number of carbonyl (C=O) groups is 1. The molecule has 0 saturated heterocycles. The molecule has 1 amide bonds. The minimum atomic E-state index is -0.302. The third-order valence-corrected chi connectivity index (χ3v) is 2.85. The molecule has 1 saturated carbocycles. The van der Waals surface area contributed by atoms with Gasteiger partial charge in [-0.05, 0) is 42.4 Å². The molecule has 0 bridgehead atoms. The summed E-state index contributed by atoms with van der Waals surface area (Å²) in [6.07, 6.45) is 3.41. The van der Waals surface area contributed by atoms with E-state index in [1.165, 1.54) is 18.4 Å². The summed E-state index contributed by atoms with van der Waals surface area (Å²) in [5, 5.41) is 0. The standard InChI is InChI=1S/C12H15NO/c1-2-9-10(8-6-7-8)4-3-5-11(9)12(13)14/h3-5,8H,2,6-7H2,1H3,(H2,13,14). The molecule has 1 aromatic carbocycles. The minimum absolute atomic E-state index is 0.302. The molecule has 0 radical (unpaired) electrons. The van der Waals surface area contributed by atoms with Crippen molar-refractivity contribution >= 4 is 5.91 Å². The van der Waals surface area contributed by atoms with E-state index < -0.39 is 0 Å². The topological polar surface area (TPSA) is 43.1 Å². The van der Waals surface area contributed by atoms with Crippen LogP contribution < -0.4 is 5.73 Å². The Morgan fingerprint density at radius 3 is 2.71 bits per heavy atom. The quantitative estimate of drug-likeness (QED) is 0.778. The van der Waals surface area contributed by atoms with Gasteiger partial charge in [0.15, 0.2) is 0 Å². The number of primary amides is 1. The highest BCUT2D eigenvalue weighted by Gasteiger charge is 2.26. The van der Waals surface area contributed by atoms with E-state index in [0.717, 1.165) is 12.0 Å². The molecule has 0 heterocycles. The number of hydrogen-bond acceptors (Lipinski definition) is 1. The SMILES string of the molecule is CCc1c(C(N)=O)cccc1C1CC1. The second-order valence-electron chi connectivity index (χ2n) is 3.87. The summed E-state index contributed by atoms with van der Waals surface area (Å²) in [6.45, 7) is 2.08. The molecule has 1 aromatic rings. The Balaban J connectivity index is 2.49. The molecule has 2 heteroatoms. The van der Waals surface area contributed by atoms with Crippen molar-refractivity contribution in [2.24, 2.45) is 5.73 Å². The van der Waals surface area contributed by atoms with E-state index in [1.807, 2.05) is 12.1 Å². The Morgan fingerprint density at radius 2 is 2.21 bits per heavy atom. The summed E-state index contributed by atoms with van der Waals surface area (Å²) < 4.78 is 0. The molecule has 0 aliphatic heterocycles. The number of benzene rings is 1. The van der Waals surface area contributed by atoms with Gasteiger partial charge in [-0.1, -0.05) is 19.1 Å². The molecule has 2 rings (SSSR count). The summed E-state index contributed by atoms with van der Waals surface area (Å²) in [5.74, 6) is 0.383. The van der Waals surface area contributed by atoms with Crippen molar-refractivity contribution in [3.63, 3.8) is 0 Å².